The molecule has 0 saturated heterocycles. The molecule has 0 nitrogen and oxygen atoms in total. The van der Waals surface area contributed by atoms with Crippen LogP contribution in [0, 0.1) is 5.92 Å². The average molecular weight is 192 g/mol. The van der Waals surface area contributed by atoms with Crippen molar-refractivity contribution in [1.29, 1.82) is 0 Å². The molecule has 0 bridgehead atoms. The van der Waals surface area contributed by atoms with Crippen LogP contribution in [0.3, 0.4) is 0 Å². The maximum absolute atomic E-state index is 2.42. The van der Waals surface area contributed by atoms with Gasteiger partial charge < -0.3 is 0 Å². The molecule has 0 aliphatic heterocycles. The first-order chi connectivity index (χ1) is 5.89. The molecule has 1 atom stereocenters. The zero-order chi connectivity index (χ0) is 10.1. The third-order valence-electron chi connectivity index (χ3n) is 2.26. The lowest BCUT2D eigenvalue weighted by Crippen LogP contribution is -2.21. The van der Waals surface area contributed by atoms with E-state index in [1.54, 1.807) is 5.20 Å². The van der Waals surface area contributed by atoms with Gasteiger partial charge >= 0.3 is 0 Å². The Morgan fingerprint density at radius 1 is 1.31 bits per heavy atom. The van der Waals surface area contributed by atoms with Crippen molar-refractivity contribution >= 4 is 8.07 Å². The molecule has 0 amide bonds. The quantitative estimate of drug-likeness (QED) is 0.459. The summed E-state index contributed by atoms with van der Waals surface area (Å²) in [5.74, 6) is 0.562. The molecule has 0 aromatic heterocycles. The lowest BCUT2D eigenvalue weighted by molar-refractivity contribution is 1.06. The van der Waals surface area contributed by atoms with Gasteiger partial charge in [-0.2, -0.15) is 0 Å². The van der Waals surface area contributed by atoms with E-state index in [4.69, 9.17) is 0 Å². The second-order valence-corrected chi connectivity index (χ2v) is 10.1. The Balaban J connectivity index is 2.77. The van der Waals surface area contributed by atoms with E-state index < -0.39 is 8.07 Å². The summed E-state index contributed by atoms with van der Waals surface area (Å²) in [6.45, 7) is 11.5. The molecule has 1 aliphatic rings. The van der Waals surface area contributed by atoms with Crippen LogP contribution < -0.4 is 0 Å². The number of rotatable bonds is 2. The van der Waals surface area contributed by atoms with Crippen LogP contribution in [-0.2, 0) is 0 Å². The molecular formula is C12H20Si. The van der Waals surface area contributed by atoms with E-state index in [9.17, 15) is 0 Å². The largest absolute Gasteiger partial charge is 0.0795 e. The van der Waals surface area contributed by atoms with Crippen LogP contribution in [0.5, 0.6) is 0 Å². The Bertz CT molecular complexity index is 270. The minimum absolute atomic E-state index is 0.562. The van der Waals surface area contributed by atoms with Gasteiger partial charge in [0.25, 0.3) is 0 Å². The number of allylic oxidation sites excluding steroid dienone is 6. The molecule has 0 aromatic carbocycles. The predicted molar refractivity (Wildman–Crippen MR) is 63.5 cm³/mol. The Labute approximate surface area is 83.1 Å². The fourth-order valence-corrected chi connectivity index (χ4v) is 2.81. The molecule has 0 spiro atoms. The third-order valence-corrected chi connectivity index (χ3v) is 4.33. The molecule has 0 aromatic rings. The van der Waals surface area contributed by atoms with Gasteiger partial charge in [0.15, 0.2) is 0 Å². The van der Waals surface area contributed by atoms with Crippen LogP contribution in [0.4, 0.5) is 0 Å². The fraction of sp³-hybridized carbons (Fsp3) is 0.500. The summed E-state index contributed by atoms with van der Waals surface area (Å²) in [4.78, 5) is 0. The second-order valence-electron chi connectivity index (χ2n) is 5.05. The second kappa shape index (κ2) is 3.67. The van der Waals surface area contributed by atoms with Gasteiger partial charge in [0, 0.05) is 5.92 Å². The summed E-state index contributed by atoms with van der Waals surface area (Å²) in [5.41, 5.74) is 1.41. The summed E-state index contributed by atoms with van der Waals surface area (Å²) in [6, 6.07) is 0. The van der Waals surface area contributed by atoms with E-state index in [0.29, 0.717) is 5.92 Å². The first-order valence-corrected chi connectivity index (χ1v) is 8.45. The van der Waals surface area contributed by atoms with E-state index in [1.165, 1.54) is 5.57 Å². The van der Waals surface area contributed by atoms with E-state index in [1.807, 2.05) is 0 Å². The maximum atomic E-state index is 2.42. The zero-order valence-electron chi connectivity index (χ0n) is 9.39. The summed E-state index contributed by atoms with van der Waals surface area (Å²) in [5, 5.41) is 1.59. The molecule has 0 heterocycles. The summed E-state index contributed by atoms with van der Waals surface area (Å²) in [6.07, 6.45) is 9.36. The van der Waals surface area contributed by atoms with Crippen molar-refractivity contribution in [3.05, 3.63) is 35.1 Å². The molecule has 1 aliphatic carbocycles. The first kappa shape index (κ1) is 10.5. The molecule has 0 N–H and O–H groups in total. The molecule has 0 radical (unpaired) electrons. The molecular weight excluding hydrogens is 172 g/mol. The van der Waals surface area contributed by atoms with Crippen molar-refractivity contribution in [1.82, 2.24) is 0 Å². The van der Waals surface area contributed by atoms with Gasteiger partial charge in [0.05, 0.1) is 8.07 Å². The topological polar surface area (TPSA) is 0 Å². The van der Waals surface area contributed by atoms with Gasteiger partial charge in [0.1, 0.15) is 0 Å². The van der Waals surface area contributed by atoms with Crippen molar-refractivity contribution in [2.24, 2.45) is 5.92 Å². The smallest absolute Gasteiger partial charge is 0.0772 e. The summed E-state index contributed by atoms with van der Waals surface area (Å²) < 4.78 is 0. The lowest BCUT2D eigenvalue weighted by Gasteiger charge is -2.15. The molecule has 0 fully saturated rings. The van der Waals surface area contributed by atoms with Crippen molar-refractivity contribution in [2.45, 2.75) is 33.5 Å². The molecule has 1 rings (SSSR count). The highest BCUT2D eigenvalue weighted by Crippen LogP contribution is 2.25. The Kier molecular flexibility index (Phi) is 2.97. The van der Waals surface area contributed by atoms with Gasteiger partial charge in [-0.1, -0.05) is 54.7 Å². The SMILES string of the molecule is CC(C)=CC1C=CC([Si](C)(C)C)=C1. The van der Waals surface area contributed by atoms with Crippen LogP contribution in [0.1, 0.15) is 13.8 Å². The zero-order valence-corrected chi connectivity index (χ0v) is 10.4. The highest BCUT2D eigenvalue weighted by molar-refractivity contribution is 6.83. The Morgan fingerprint density at radius 2 is 1.92 bits per heavy atom. The van der Waals surface area contributed by atoms with Crippen molar-refractivity contribution in [3.8, 4) is 0 Å². The van der Waals surface area contributed by atoms with Crippen LogP contribution >= 0.6 is 0 Å². The minimum atomic E-state index is -1.07. The van der Waals surface area contributed by atoms with Crippen molar-refractivity contribution in [2.75, 3.05) is 0 Å². The third kappa shape index (κ3) is 3.00. The van der Waals surface area contributed by atoms with E-state index in [0.717, 1.165) is 0 Å². The molecule has 72 valence electrons. The van der Waals surface area contributed by atoms with Gasteiger partial charge in [-0.25, -0.2) is 0 Å². The van der Waals surface area contributed by atoms with Gasteiger partial charge in [-0.05, 0) is 13.8 Å². The number of hydrogen-bond donors (Lipinski definition) is 0. The minimum Gasteiger partial charge on any atom is -0.0795 e. The normalized spacial score (nSPS) is 21.6. The first-order valence-electron chi connectivity index (χ1n) is 4.95. The highest BCUT2D eigenvalue weighted by atomic mass is 28.3. The van der Waals surface area contributed by atoms with Crippen LogP contribution in [0.15, 0.2) is 35.1 Å². The molecule has 1 heteroatoms. The average Bonchev–Trinajstić information content (AvgIpc) is 2.32. The van der Waals surface area contributed by atoms with Gasteiger partial charge in [-0.15, -0.1) is 0 Å². The standard InChI is InChI=1S/C12H20Si/c1-10(2)8-11-6-7-12(9-11)13(3,4)5/h6-9,11H,1-5H3. The van der Waals surface area contributed by atoms with Gasteiger partial charge in [-0.3, -0.25) is 0 Å². The highest BCUT2D eigenvalue weighted by Gasteiger charge is 2.20. The van der Waals surface area contributed by atoms with Gasteiger partial charge in [0.2, 0.25) is 0 Å². The van der Waals surface area contributed by atoms with E-state index >= 15 is 0 Å². The number of hydrogen-bond acceptors (Lipinski definition) is 0. The molecule has 1 unspecified atom stereocenters. The fourth-order valence-electron chi connectivity index (χ4n) is 1.52. The molecule has 13 heavy (non-hydrogen) atoms. The Morgan fingerprint density at radius 3 is 2.31 bits per heavy atom. The van der Waals surface area contributed by atoms with Crippen molar-refractivity contribution < 1.29 is 0 Å². The molecule has 0 saturated carbocycles. The van der Waals surface area contributed by atoms with Crippen LogP contribution in [-0.4, -0.2) is 8.07 Å². The predicted octanol–water partition coefficient (Wildman–Crippen LogP) is 3.94. The van der Waals surface area contributed by atoms with Crippen molar-refractivity contribution in [3.63, 3.8) is 0 Å². The van der Waals surface area contributed by atoms with Crippen LogP contribution in [0.2, 0.25) is 19.6 Å². The maximum Gasteiger partial charge on any atom is 0.0772 e. The Hall–Kier alpha value is -0.563. The summed E-state index contributed by atoms with van der Waals surface area (Å²) in [7, 11) is -1.07. The van der Waals surface area contributed by atoms with E-state index in [2.05, 4.69) is 57.8 Å². The lowest BCUT2D eigenvalue weighted by atomic mass is 10.1. The summed E-state index contributed by atoms with van der Waals surface area (Å²) >= 11 is 0. The van der Waals surface area contributed by atoms with E-state index in [-0.39, 0.29) is 0 Å². The van der Waals surface area contributed by atoms with Crippen LogP contribution in [0.25, 0.3) is 0 Å². The monoisotopic (exact) mass is 192 g/mol.